The largest absolute Gasteiger partial charge is 0.394 e. The predicted molar refractivity (Wildman–Crippen MR) is 127 cm³/mol. The Kier molecular flexibility index (Phi) is 7.15. The average Bonchev–Trinajstić information content (AvgIpc) is 3.49. The Hall–Kier alpha value is -3.07. The lowest BCUT2D eigenvalue weighted by Crippen LogP contribution is -2.53. The number of nitrogens with zero attached hydrogens (tertiary/aromatic N) is 6. The standard InChI is InChI=1S/C23H19Cl2F3N6O4/c1-9-29-23(34(31-9)13-5-11(24)4-12(25)6-13)22-21(37)19(20(36)17(8-35)38-22)33-7-16(30-32-33)10-2-14(26)18(28)15(27)3-10/h2-7,17,19-22,35-37H,8H2,1H3/t17-,19+,20+,21-,22-/m1/s1. The SMILES string of the molecule is Cc1nc([C@@H]2O[C@H](CO)[C@H](O)[C@H](n3cc(-c4cc(F)c(F)c(F)c4)nn3)[C@H]2O)n(-c2cc(Cl)cc(Cl)c2)n1. The minimum absolute atomic E-state index is 0.0571. The first-order valence-corrected chi connectivity index (χ1v) is 11.9. The molecule has 1 saturated heterocycles. The normalized spacial score (nSPS) is 23.7. The van der Waals surface area contributed by atoms with Gasteiger partial charge in [0.15, 0.2) is 23.3 Å². The number of halogens is 5. The van der Waals surface area contributed by atoms with Crippen molar-refractivity contribution in [2.45, 2.75) is 37.4 Å². The van der Waals surface area contributed by atoms with Crippen molar-refractivity contribution in [1.82, 2.24) is 29.8 Å². The van der Waals surface area contributed by atoms with Crippen molar-refractivity contribution in [2.24, 2.45) is 0 Å². The topological polar surface area (TPSA) is 131 Å². The van der Waals surface area contributed by atoms with E-state index in [4.69, 9.17) is 27.9 Å². The van der Waals surface area contributed by atoms with E-state index in [1.807, 2.05) is 0 Å². The smallest absolute Gasteiger partial charge is 0.194 e. The molecule has 4 aromatic rings. The zero-order valence-electron chi connectivity index (χ0n) is 19.4. The van der Waals surface area contributed by atoms with Gasteiger partial charge in [-0.1, -0.05) is 28.4 Å². The Balaban J connectivity index is 1.55. The van der Waals surface area contributed by atoms with Crippen LogP contribution in [0.3, 0.4) is 0 Å². The van der Waals surface area contributed by atoms with Gasteiger partial charge in [0.05, 0.1) is 18.5 Å². The molecular weight excluding hydrogens is 552 g/mol. The fourth-order valence-corrected chi connectivity index (χ4v) is 4.87. The van der Waals surface area contributed by atoms with Crippen LogP contribution in [-0.2, 0) is 4.74 Å². The van der Waals surface area contributed by atoms with Gasteiger partial charge in [0.2, 0.25) is 0 Å². The molecule has 1 aliphatic heterocycles. The number of aliphatic hydroxyl groups excluding tert-OH is 3. The van der Waals surface area contributed by atoms with Crippen LogP contribution in [0, 0.1) is 24.4 Å². The molecule has 200 valence electrons. The van der Waals surface area contributed by atoms with Crippen molar-refractivity contribution in [3.05, 3.63) is 75.7 Å². The molecular formula is C23H19Cl2F3N6O4. The highest BCUT2D eigenvalue weighted by atomic mass is 35.5. The number of rotatable bonds is 5. The van der Waals surface area contributed by atoms with Gasteiger partial charge in [0, 0.05) is 15.6 Å². The molecule has 0 unspecified atom stereocenters. The van der Waals surface area contributed by atoms with Gasteiger partial charge in [-0.3, -0.25) is 0 Å². The second-order valence-corrected chi connectivity index (χ2v) is 9.52. The number of hydrogen-bond donors (Lipinski definition) is 3. The Labute approximate surface area is 222 Å². The first kappa shape index (κ1) is 26.5. The summed E-state index contributed by atoms with van der Waals surface area (Å²) >= 11 is 12.3. The Morgan fingerprint density at radius 2 is 1.66 bits per heavy atom. The average molecular weight is 571 g/mol. The van der Waals surface area contributed by atoms with Gasteiger partial charge in [-0.15, -0.1) is 5.10 Å². The summed E-state index contributed by atoms with van der Waals surface area (Å²) in [5, 5.41) is 44.9. The molecule has 0 saturated carbocycles. The fraction of sp³-hybridized carbons (Fsp3) is 0.304. The molecule has 0 radical (unpaired) electrons. The minimum atomic E-state index is -1.63. The lowest BCUT2D eigenvalue weighted by atomic mass is 9.92. The van der Waals surface area contributed by atoms with Crippen molar-refractivity contribution in [1.29, 1.82) is 0 Å². The molecule has 15 heteroatoms. The molecule has 1 fully saturated rings. The van der Waals surface area contributed by atoms with Crippen molar-refractivity contribution < 1.29 is 33.2 Å². The first-order chi connectivity index (χ1) is 18.1. The third-order valence-electron chi connectivity index (χ3n) is 6.07. The molecule has 0 aliphatic carbocycles. The van der Waals surface area contributed by atoms with Gasteiger partial charge in [-0.25, -0.2) is 27.5 Å². The number of aliphatic hydroxyl groups is 3. The summed E-state index contributed by atoms with van der Waals surface area (Å²) in [6.45, 7) is 0.981. The van der Waals surface area contributed by atoms with Crippen LogP contribution in [0.5, 0.6) is 0 Å². The first-order valence-electron chi connectivity index (χ1n) is 11.2. The van der Waals surface area contributed by atoms with Crippen LogP contribution < -0.4 is 0 Å². The molecule has 0 amide bonds. The van der Waals surface area contributed by atoms with Gasteiger partial charge >= 0.3 is 0 Å². The summed E-state index contributed by atoms with van der Waals surface area (Å²) in [7, 11) is 0. The molecule has 1 aliphatic rings. The Morgan fingerprint density at radius 3 is 2.29 bits per heavy atom. The van der Waals surface area contributed by atoms with Gasteiger partial charge < -0.3 is 20.1 Å². The van der Waals surface area contributed by atoms with Crippen LogP contribution in [0.4, 0.5) is 13.2 Å². The number of hydrogen-bond acceptors (Lipinski definition) is 8. The lowest BCUT2D eigenvalue weighted by Gasteiger charge is -2.41. The summed E-state index contributed by atoms with van der Waals surface area (Å²) in [6.07, 6.45) is -4.24. The number of benzene rings is 2. The zero-order valence-corrected chi connectivity index (χ0v) is 20.9. The Bertz CT molecular complexity index is 1460. The van der Waals surface area contributed by atoms with Gasteiger partial charge in [-0.2, -0.15) is 5.10 Å². The van der Waals surface area contributed by atoms with E-state index in [9.17, 15) is 28.5 Å². The molecule has 38 heavy (non-hydrogen) atoms. The molecule has 5 rings (SSSR count). The molecule has 5 atom stereocenters. The molecule has 0 spiro atoms. The summed E-state index contributed by atoms with van der Waals surface area (Å²) in [5.74, 6) is -4.04. The van der Waals surface area contributed by atoms with Gasteiger partial charge in [-0.05, 0) is 37.3 Å². The quantitative estimate of drug-likeness (QED) is 0.312. The second-order valence-electron chi connectivity index (χ2n) is 8.64. The maximum Gasteiger partial charge on any atom is 0.194 e. The third-order valence-corrected chi connectivity index (χ3v) is 6.51. The molecule has 2 aromatic carbocycles. The van der Waals surface area contributed by atoms with E-state index in [2.05, 4.69) is 20.4 Å². The van der Waals surface area contributed by atoms with Crippen molar-refractivity contribution in [3.63, 3.8) is 0 Å². The van der Waals surface area contributed by atoms with E-state index in [0.717, 1.165) is 16.8 Å². The number of aryl methyl sites for hydroxylation is 1. The highest BCUT2D eigenvalue weighted by Crippen LogP contribution is 2.39. The highest BCUT2D eigenvalue weighted by molar-refractivity contribution is 6.34. The Morgan fingerprint density at radius 1 is 1.00 bits per heavy atom. The molecule has 3 heterocycles. The van der Waals surface area contributed by atoms with E-state index >= 15 is 0 Å². The van der Waals surface area contributed by atoms with Crippen molar-refractivity contribution in [3.8, 4) is 16.9 Å². The maximum atomic E-state index is 13.8. The predicted octanol–water partition coefficient (Wildman–Crippen LogP) is 2.95. The fourth-order valence-electron chi connectivity index (χ4n) is 4.35. The third kappa shape index (κ3) is 4.77. The van der Waals surface area contributed by atoms with Crippen LogP contribution in [0.25, 0.3) is 16.9 Å². The summed E-state index contributed by atoms with van der Waals surface area (Å²) < 4.78 is 49.2. The zero-order chi connectivity index (χ0) is 27.3. The molecule has 2 aromatic heterocycles. The van der Waals surface area contributed by atoms with Gasteiger partial charge in [0.25, 0.3) is 0 Å². The van der Waals surface area contributed by atoms with E-state index < -0.39 is 54.5 Å². The van der Waals surface area contributed by atoms with E-state index in [-0.39, 0.29) is 17.1 Å². The maximum absolute atomic E-state index is 13.8. The highest BCUT2D eigenvalue weighted by Gasteiger charge is 2.48. The van der Waals surface area contributed by atoms with Crippen molar-refractivity contribution >= 4 is 23.2 Å². The van der Waals surface area contributed by atoms with E-state index in [0.29, 0.717) is 21.6 Å². The summed E-state index contributed by atoms with van der Waals surface area (Å²) in [4.78, 5) is 4.38. The molecule has 0 bridgehead atoms. The van der Waals surface area contributed by atoms with Gasteiger partial charge in [0.1, 0.15) is 42.0 Å². The van der Waals surface area contributed by atoms with Crippen LogP contribution in [0.15, 0.2) is 36.5 Å². The second kappa shape index (κ2) is 10.2. The summed E-state index contributed by atoms with van der Waals surface area (Å²) in [5.41, 5.74) is 0.242. The lowest BCUT2D eigenvalue weighted by molar-refractivity contribution is -0.210. The number of ether oxygens (including phenoxy) is 1. The van der Waals surface area contributed by atoms with Crippen LogP contribution >= 0.6 is 23.2 Å². The van der Waals surface area contributed by atoms with Crippen molar-refractivity contribution in [2.75, 3.05) is 6.61 Å². The summed E-state index contributed by atoms with van der Waals surface area (Å²) in [6, 6.07) is 4.89. The van der Waals surface area contributed by atoms with E-state index in [1.165, 1.54) is 16.9 Å². The minimum Gasteiger partial charge on any atom is -0.394 e. The monoisotopic (exact) mass is 570 g/mol. The molecule has 3 N–H and O–H groups in total. The van der Waals surface area contributed by atoms with Crippen LogP contribution in [0.2, 0.25) is 10.0 Å². The number of aromatic nitrogens is 6. The molecule has 10 nitrogen and oxygen atoms in total. The van der Waals surface area contributed by atoms with Crippen LogP contribution in [0.1, 0.15) is 23.8 Å². The van der Waals surface area contributed by atoms with E-state index in [1.54, 1.807) is 19.1 Å². The van der Waals surface area contributed by atoms with Crippen LogP contribution in [-0.4, -0.2) is 70.0 Å².